The molecule has 25 heavy (non-hydrogen) atoms. The first-order valence-electron chi connectivity index (χ1n) is 7.62. The number of amides is 2. The van der Waals surface area contributed by atoms with Crippen LogP contribution in [0.5, 0.6) is 0 Å². The second-order valence-corrected chi connectivity index (χ2v) is 7.89. The lowest BCUT2D eigenvalue weighted by atomic mass is 9.86. The minimum Gasteiger partial charge on any atom is -0.274 e. The Hall–Kier alpha value is -2.16. The normalized spacial score (nSPS) is 19.2. The summed E-state index contributed by atoms with van der Waals surface area (Å²) >= 11 is 0. The molecule has 0 unspecified atom stereocenters. The second-order valence-electron chi connectivity index (χ2n) is 5.95. The van der Waals surface area contributed by atoms with Gasteiger partial charge in [0.1, 0.15) is 0 Å². The number of benzene rings is 1. The summed E-state index contributed by atoms with van der Waals surface area (Å²) < 4.78 is 61.3. The second kappa shape index (κ2) is 5.98. The van der Waals surface area contributed by atoms with Crippen LogP contribution in [-0.2, 0) is 19.4 Å². The first-order valence-corrected chi connectivity index (χ1v) is 9.11. The molecular formula is C16H14F3NO4S. The molecule has 0 radical (unpaired) electrons. The first-order chi connectivity index (χ1) is 11.6. The zero-order valence-electron chi connectivity index (χ0n) is 13.0. The zero-order valence-corrected chi connectivity index (χ0v) is 13.8. The average Bonchev–Trinajstić information content (AvgIpc) is 2.54. The average molecular weight is 373 g/mol. The maximum atomic E-state index is 12.7. The lowest BCUT2D eigenvalue weighted by Gasteiger charge is -2.31. The molecule has 0 saturated carbocycles. The van der Waals surface area contributed by atoms with Gasteiger partial charge in [0.25, 0.3) is 15.7 Å². The minimum absolute atomic E-state index is 0.0251. The molecule has 1 aromatic rings. The maximum absolute atomic E-state index is 12.7. The highest BCUT2D eigenvalue weighted by molar-refractivity contribution is 7.92. The Morgan fingerprint density at radius 3 is 2.40 bits per heavy atom. The van der Waals surface area contributed by atoms with Crippen LogP contribution in [0, 0.1) is 0 Å². The van der Waals surface area contributed by atoms with Gasteiger partial charge in [-0.15, -0.1) is 0 Å². The zero-order chi connectivity index (χ0) is 18.4. The summed E-state index contributed by atoms with van der Waals surface area (Å²) in [5, 5.41) is 0. The van der Waals surface area contributed by atoms with Gasteiger partial charge in [-0.3, -0.25) is 9.59 Å². The van der Waals surface area contributed by atoms with Crippen molar-refractivity contribution in [1.29, 1.82) is 0 Å². The van der Waals surface area contributed by atoms with Gasteiger partial charge in [0.05, 0.1) is 10.6 Å². The van der Waals surface area contributed by atoms with E-state index in [0.717, 1.165) is 35.4 Å². The molecule has 0 saturated heterocycles. The van der Waals surface area contributed by atoms with Gasteiger partial charge in [-0.1, -0.05) is 11.6 Å². The Morgan fingerprint density at radius 1 is 1.04 bits per heavy atom. The molecule has 1 aliphatic heterocycles. The fourth-order valence-corrected chi connectivity index (χ4v) is 3.92. The molecule has 2 amide bonds. The van der Waals surface area contributed by atoms with E-state index < -0.39 is 32.1 Å². The van der Waals surface area contributed by atoms with Crippen molar-refractivity contribution in [3.8, 4) is 0 Å². The van der Waals surface area contributed by atoms with E-state index in [9.17, 15) is 31.2 Å². The van der Waals surface area contributed by atoms with E-state index >= 15 is 0 Å². The number of halogens is 3. The van der Waals surface area contributed by atoms with Crippen LogP contribution in [0.25, 0.3) is 0 Å². The summed E-state index contributed by atoms with van der Waals surface area (Å²) in [6.45, 7) is 0. The molecule has 2 aliphatic rings. The molecule has 1 aliphatic carbocycles. The number of rotatable bonds is 2. The SMILES string of the molecule is O=C1CC2=C(CCCC2)C(=O)N1c1cccc(S(=O)(=O)C(F)(F)F)c1. The van der Waals surface area contributed by atoms with Crippen molar-refractivity contribution in [3.63, 3.8) is 0 Å². The van der Waals surface area contributed by atoms with Gasteiger partial charge in [-0.25, -0.2) is 13.3 Å². The quantitative estimate of drug-likeness (QED) is 0.747. The number of carbonyl (C=O) groups excluding carboxylic acids is 2. The van der Waals surface area contributed by atoms with Gasteiger partial charge in [0.2, 0.25) is 5.91 Å². The van der Waals surface area contributed by atoms with Crippen molar-refractivity contribution < 1.29 is 31.2 Å². The highest BCUT2D eigenvalue weighted by atomic mass is 32.2. The molecule has 0 atom stereocenters. The highest BCUT2D eigenvalue weighted by Gasteiger charge is 2.47. The van der Waals surface area contributed by atoms with Crippen molar-refractivity contribution in [2.24, 2.45) is 0 Å². The molecule has 0 N–H and O–H groups in total. The Kier molecular flexibility index (Phi) is 4.22. The largest absolute Gasteiger partial charge is 0.501 e. The van der Waals surface area contributed by atoms with Crippen molar-refractivity contribution in [2.45, 2.75) is 42.5 Å². The highest BCUT2D eigenvalue weighted by Crippen LogP contribution is 2.36. The van der Waals surface area contributed by atoms with Crippen LogP contribution < -0.4 is 4.90 Å². The van der Waals surface area contributed by atoms with Gasteiger partial charge >= 0.3 is 5.51 Å². The molecule has 3 rings (SSSR count). The van der Waals surface area contributed by atoms with Crippen LogP contribution in [0.15, 0.2) is 40.3 Å². The molecule has 134 valence electrons. The lowest BCUT2D eigenvalue weighted by Crippen LogP contribution is -2.42. The van der Waals surface area contributed by atoms with Gasteiger partial charge in [0.15, 0.2) is 0 Å². The van der Waals surface area contributed by atoms with Crippen LogP contribution in [0.1, 0.15) is 32.1 Å². The number of nitrogens with zero attached hydrogens (tertiary/aromatic N) is 1. The molecule has 1 aromatic carbocycles. The van der Waals surface area contributed by atoms with Crippen LogP contribution in [-0.4, -0.2) is 25.7 Å². The lowest BCUT2D eigenvalue weighted by molar-refractivity contribution is -0.125. The van der Waals surface area contributed by atoms with Crippen molar-refractivity contribution in [2.75, 3.05) is 4.90 Å². The molecular weight excluding hydrogens is 359 g/mol. The summed E-state index contributed by atoms with van der Waals surface area (Å²) in [6.07, 6.45) is 2.88. The van der Waals surface area contributed by atoms with Gasteiger partial charge in [-0.2, -0.15) is 13.2 Å². The monoisotopic (exact) mass is 373 g/mol. The Morgan fingerprint density at radius 2 is 1.72 bits per heavy atom. The fourth-order valence-electron chi connectivity index (χ4n) is 3.12. The van der Waals surface area contributed by atoms with Gasteiger partial charge in [0, 0.05) is 12.0 Å². The number of hydrogen-bond acceptors (Lipinski definition) is 4. The molecule has 0 spiro atoms. The summed E-state index contributed by atoms with van der Waals surface area (Å²) in [5.74, 6) is -1.14. The molecule has 0 bridgehead atoms. The van der Waals surface area contributed by atoms with Crippen molar-refractivity contribution in [1.82, 2.24) is 0 Å². The third kappa shape index (κ3) is 2.97. The predicted octanol–water partition coefficient (Wildman–Crippen LogP) is 3.11. The van der Waals surface area contributed by atoms with Crippen LogP contribution >= 0.6 is 0 Å². The minimum atomic E-state index is -5.56. The van der Waals surface area contributed by atoms with Crippen LogP contribution in [0.3, 0.4) is 0 Å². The van der Waals surface area contributed by atoms with Crippen LogP contribution in [0.4, 0.5) is 18.9 Å². The van der Waals surface area contributed by atoms with Gasteiger partial charge in [-0.05, 0) is 43.9 Å². The predicted molar refractivity (Wildman–Crippen MR) is 82.3 cm³/mol. The summed E-state index contributed by atoms with van der Waals surface area (Å²) in [6, 6.07) is 3.84. The van der Waals surface area contributed by atoms with Crippen molar-refractivity contribution >= 4 is 27.3 Å². The Labute approximate surface area is 142 Å². The summed E-state index contributed by atoms with van der Waals surface area (Å²) in [7, 11) is -5.56. The van der Waals surface area contributed by atoms with E-state index in [1.807, 2.05) is 0 Å². The molecule has 9 heteroatoms. The molecule has 5 nitrogen and oxygen atoms in total. The smallest absolute Gasteiger partial charge is 0.274 e. The number of hydrogen-bond donors (Lipinski definition) is 0. The Balaban J connectivity index is 2.03. The van der Waals surface area contributed by atoms with E-state index in [1.165, 1.54) is 6.07 Å². The third-order valence-electron chi connectivity index (χ3n) is 4.35. The molecule has 1 heterocycles. The summed E-state index contributed by atoms with van der Waals surface area (Å²) in [4.78, 5) is 24.7. The van der Waals surface area contributed by atoms with Crippen LogP contribution in [0.2, 0.25) is 0 Å². The molecule has 0 fully saturated rings. The fraction of sp³-hybridized carbons (Fsp3) is 0.375. The maximum Gasteiger partial charge on any atom is 0.501 e. The van der Waals surface area contributed by atoms with Gasteiger partial charge < -0.3 is 0 Å². The summed E-state index contributed by atoms with van der Waals surface area (Å²) in [5.41, 5.74) is -4.34. The van der Waals surface area contributed by atoms with E-state index in [2.05, 4.69) is 0 Å². The Bertz CT molecular complexity index is 887. The van der Waals surface area contributed by atoms with E-state index in [1.54, 1.807) is 0 Å². The number of anilines is 1. The van der Waals surface area contributed by atoms with E-state index in [0.29, 0.717) is 24.5 Å². The van der Waals surface area contributed by atoms with Crippen molar-refractivity contribution in [3.05, 3.63) is 35.4 Å². The van der Waals surface area contributed by atoms with E-state index in [-0.39, 0.29) is 12.1 Å². The third-order valence-corrected chi connectivity index (χ3v) is 5.83. The molecule has 0 aromatic heterocycles. The number of alkyl halides is 3. The number of imide groups is 1. The van der Waals surface area contributed by atoms with E-state index in [4.69, 9.17) is 0 Å². The standard InChI is InChI=1S/C16H14F3NO4S/c17-16(18,19)25(23,24)12-6-3-5-11(9-12)20-14(21)8-10-4-1-2-7-13(10)15(20)22/h3,5-6,9H,1-2,4,7-8H2. The number of sulfone groups is 1. The first kappa shape index (κ1) is 17.7. The number of carbonyl (C=O) groups is 2. The topological polar surface area (TPSA) is 71.5 Å².